The van der Waals surface area contributed by atoms with Crippen molar-refractivity contribution < 1.29 is 33.4 Å². The van der Waals surface area contributed by atoms with Crippen LogP contribution in [0, 0.1) is 0 Å². The fourth-order valence-electron chi connectivity index (χ4n) is 3.41. The number of esters is 2. The lowest BCUT2D eigenvalue weighted by molar-refractivity contribution is -0.117. The summed E-state index contributed by atoms with van der Waals surface area (Å²) in [6, 6.07) is 18.2. The Kier molecular flexibility index (Phi) is 9.11. The number of ketones is 2. The van der Waals surface area contributed by atoms with Crippen molar-refractivity contribution in [3.8, 4) is 17.2 Å². The predicted molar refractivity (Wildman–Crippen MR) is 134 cm³/mol. The van der Waals surface area contributed by atoms with Gasteiger partial charge in [0, 0.05) is 12.8 Å². The van der Waals surface area contributed by atoms with Crippen LogP contribution in [-0.2, 0) is 22.4 Å². The largest absolute Gasteiger partial charge is 0.496 e. The van der Waals surface area contributed by atoms with E-state index in [1.54, 1.807) is 62.4 Å². The van der Waals surface area contributed by atoms with Gasteiger partial charge in [0.2, 0.25) is 0 Å². The second kappa shape index (κ2) is 12.4. The van der Waals surface area contributed by atoms with Crippen LogP contribution in [0.1, 0.15) is 58.5 Å². The number of hydrogen-bond acceptors (Lipinski definition) is 7. The Hall–Kier alpha value is -4.26. The molecule has 3 aromatic rings. The molecule has 0 radical (unpaired) electrons. The van der Waals surface area contributed by atoms with Gasteiger partial charge in [-0.2, -0.15) is 0 Å². The minimum absolute atomic E-state index is 0.0761. The molecular weight excluding hydrogens is 460 g/mol. The number of rotatable bonds is 11. The summed E-state index contributed by atoms with van der Waals surface area (Å²) >= 11 is 0. The lowest BCUT2D eigenvalue weighted by Crippen LogP contribution is -2.14. The van der Waals surface area contributed by atoms with Crippen molar-refractivity contribution in [2.45, 2.75) is 39.5 Å². The average Bonchev–Trinajstić information content (AvgIpc) is 2.87. The highest BCUT2D eigenvalue weighted by molar-refractivity contribution is 5.98. The van der Waals surface area contributed by atoms with Gasteiger partial charge in [-0.25, -0.2) is 9.59 Å². The maximum Gasteiger partial charge on any atom is 0.347 e. The molecule has 0 heterocycles. The maximum absolute atomic E-state index is 12.9. The minimum Gasteiger partial charge on any atom is -0.496 e. The minimum atomic E-state index is -0.687. The summed E-state index contributed by atoms with van der Waals surface area (Å²) in [6.45, 7) is 3.09. The normalized spacial score (nSPS) is 10.4. The smallest absolute Gasteiger partial charge is 0.347 e. The number of benzene rings is 3. The summed E-state index contributed by atoms with van der Waals surface area (Å²) in [5, 5.41) is 0. The van der Waals surface area contributed by atoms with Crippen LogP contribution in [0.4, 0.5) is 0 Å². The topological polar surface area (TPSA) is 96.0 Å². The van der Waals surface area contributed by atoms with E-state index < -0.39 is 11.9 Å². The molecule has 7 nitrogen and oxygen atoms in total. The molecule has 7 heteroatoms. The zero-order valence-electron chi connectivity index (χ0n) is 20.5. The molecule has 3 aromatic carbocycles. The van der Waals surface area contributed by atoms with Crippen molar-refractivity contribution in [3.63, 3.8) is 0 Å². The summed E-state index contributed by atoms with van der Waals surface area (Å²) in [7, 11) is 1.42. The van der Waals surface area contributed by atoms with Crippen molar-refractivity contribution in [1.82, 2.24) is 0 Å². The molecule has 0 aliphatic heterocycles. The molecule has 0 bridgehead atoms. The molecule has 0 atom stereocenters. The molecule has 0 aromatic heterocycles. The first kappa shape index (κ1) is 26.3. The van der Waals surface area contributed by atoms with Gasteiger partial charge < -0.3 is 23.8 Å². The highest BCUT2D eigenvalue weighted by Gasteiger charge is 2.19. The van der Waals surface area contributed by atoms with Gasteiger partial charge in [-0.15, -0.1) is 0 Å². The lowest BCUT2D eigenvalue weighted by Gasteiger charge is -2.11. The standard InChI is InChI=1S/C29H28O7/c1-19(30)4-6-21-8-13-24(14-9-21)35-28(32)23-12-17-27(34-3)26(18-23)29(33)36-25-15-10-22(11-16-25)7-5-20(2)31/h8-18H,4-7H2,1-3H3. The monoisotopic (exact) mass is 488 g/mol. The third-order valence-corrected chi connectivity index (χ3v) is 5.45. The Labute approximate surface area is 210 Å². The molecule has 0 saturated carbocycles. The summed E-state index contributed by atoms with van der Waals surface area (Å²) in [4.78, 5) is 47.9. The Balaban J connectivity index is 1.69. The van der Waals surface area contributed by atoms with Crippen molar-refractivity contribution in [2.24, 2.45) is 0 Å². The van der Waals surface area contributed by atoms with Gasteiger partial charge in [0.1, 0.15) is 34.4 Å². The summed E-state index contributed by atoms with van der Waals surface area (Å²) in [5.41, 5.74) is 2.15. The second-order valence-corrected chi connectivity index (χ2v) is 8.39. The molecule has 0 aliphatic rings. The van der Waals surface area contributed by atoms with Gasteiger partial charge in [-0.3, -0.25) is 0 Å². The van der Waals surface area contributed by atoms with Gasteiger partial charge >= 0.3 is 11.9 Å². The molecule has 0 unspecified atom stereocenters. The summed E-state index contributed by atoms with van der Waals surface area (Å²) in [5.74, 6) is -0.183. The van der Waals surface area contributed by atoms with E-state index in [9.17, 15) is 19.2 Å². The molecule has 0 amide bonds. The van der Waals surface area contributed by atoms with E-state index in [0.29, 0.717) is 37.2 Å². The van der Waals surface area contributed by atoms with Crippen LogP contribution >= 0.6 is 0 Å². The molecule has 0 spiro atoms. The van der Waals surface area contributed by atoms with E-state index in [2.05, 4.69) is 0 Å². The Morgan fingerprint density at radius 3 is 1.56 bits per heavy atom. The van der Waals surface area contributed by atoms with Crippen LogP contribution in [0.3, 0.4) is 0 Å². The fourth-order valence-corrected chi connectivity index (χ4v) is 3.41. The molecule has 0 N–H and O–H groups in total. The molecule has 186 valence electrons. The van der Waals surface area contributed by atoms with Crippen LogP contribution in [0.2, 0.25) is 0 Å². The van der Waals surface area contributed by atoms with Crippen molar-refractivity contribution in [2.75, 3.05) is 7.11 Å². The van der Waals surface area contributed by atoms with Gasteiger partial charge in [0.25, 0.3) is 0 Å². The van der Waals surface area contributed by atoms with Crippen LogP contribution in [0.5, 0.6) is 17.2 Å². The number of aryl methyl sites for hydroxylation is 2. The Bertz CT molecular complexity index is 1240. The van der Waals surface area contributed by atoms with Crippen LogP contribution in [0.15, 0.2) is 66.7 Å². The number of carbonyl (C=O) groups is 4. The lowest BCUT2D eigenvalue weighted by atomic mass is 10.1. The van der Waals surface area contributed by atoms with Gasteiger partial charge in [0.05, 0.1) is 12.7 Å². The highest BCUT2D eigenvalue weighted by Crippen LogP contribution is 2.24. The maximum atomic E-state index is 12.9. The van der Waals surface area contributed by atoms with E-state index in [-0.39, 0.29) is 28.4 Å². The summed E-state index contributed by atoms with van der Waals surface area (Å²) in [6.07, 6.45) is 2.13. The zero-order chi connectivity index (χ0) is 26.1. The Morgan fingerprint density at radius 1 is 0.639 bits per heavy atom. The molecule has 36 heavy (non-hydrogen) atoms. The third-order valence-electron chi connectivity index (χ3n) is 5.45. The average molecular weight is 489 g/mol. The number of hydrogen-bond donors (Lipinski definition) is 0. The van der Waals surface area contributed by atoms with E-state index >= 15 is 0 Å². The number of Topliss-reactive ketones (excluding diaryl/α,β-unsaturated/α-hetero) is 2. The van der Waals surface area contributed by atoms with Crippen molar-refractivity contribution in [1.29, 1.82) is 0 Å². The van der Waals surface area contributed by atoms with Gasteiger partial charge in [-0.1, -0.05) is 24.3 Å². The predicted octanol–water partition coefficient (Wildman–Crippen LogP) is 5.18. The van der Waals surface area contributed by atoms with Crippen molar-refractivity contribution in [3.05, 3.63) is 89.0 Å². The molecule has 0 aliphatic carbocycles. The molecule has 0 fully saturated rings. The van der Waals surface area contributed by atoms with E-state index in [1.165, 1.54) is 25.3 Å². The van der Waals surface area contributed by atoms with Crippen LogP contribution < -0.4 is 14.2 Å². The number of ether oxygens (including phenoxy) is 3. The number of methoxy groups -OCH3 is 1. The molecule has 0 saturated heterocycles. The van der Waals surface area contributed by atoms with E-state index in [4.69, 9.17) is 14.2 Å². The second-order valence-electron chi connectivity index (χ2n) is 8.39. The fraction of sp³-hybridized carbons (Fsp3) is 0.241. The van der Waals surface area contributed by atoms with Gasteiger partial charge in [0.15, 0.2) is 0 Å². The van der Waals surface area contributed by atoms with Crippen molar-refractivity contribution >= 4 is 23.5 Å². The van der Waals surface area contributed by atoms with Crippen LogP contribution in [0.25, 0.3) is 0 Å². The zero-order valence-corrected chi connectivity index (χ0v) is 20.5. The third kappa shape index (κ3) is 7.63. The first-order chi connectivity index (χ1) is 17.2. The quantitative estimate of drug-likeness (QED) is 0.271. The molecular formula is C29H28O7. The first-order valence-corrected chi connectivity index (χ1v) is 11.5. The summed E-state index contributed by atoms with van der Waals surface area (Å²) < 4.78 is 16.2. The van der Waals surface area contributed by atoms with E-state index in [0.717, 1.165) is 11.1 Å². The van der Waals surface area contributed by atoms with E-state index in [1.807, 2.05) is 0 Å². The number of carbonyl (C=O) groups excluding carboxylic acids is 4. The highest BCUT2D eigenvalue weighted by atomic mass is 16.5. The SMILES string of the molecule is COc1ccc(C(=O)Oc2ccc(CCC(C)=O)cc2)cc1C(=O)Oc1ccc(CCC(C)=O)cc1. The Morgan fingerprint density at radius 2 is 1.11 bits per heavy atom. The van der Waals surface area contributed by atoms with Crippen LogP contribution in [-0.4, -0.2) is 30.6 Å². The molecule has 3 rings (SSSR count). The van der Waals surface area contributed by atoms with Gasteiger partial charge in [-0.05, 0) is 80.3 Å². The first-order valence-electron chi connectivity index (χ1n) is 11.5.